The van der Waals surface area contributed by atoms with Crippen LogP contribution in [-0.2, 0) is 0 Å². The number of rotatable bonds is 1. The summed E-state index contributed by atoms with van der Waals surface area (Å²) >= 11 is 0. The minimum absolute atomic E-state index is 0.928. The normalized spacial score (nSPS) is 12.4. The van der Waals surface area contributed by atoms with Crippen molar-refractivity contribution in [2.24, 2.45) is 0 Å². The van der Waals surface area contributed by atoms with Crippen LogP contribution in [0.5, 0.6) is 0 Å². The topological polar surface area (TPSA) is 30.4 Å². The summed E-state index contributed by atoms with van der Waals surface area (Å²) in [5.41, 5.74) is 8.87. The Hall–Kier alpha value is -4.37. The highest BCUT2D eigenvalue weighted by atomic mass is 16.3. The predicted octanol–water partition coefficient (Wildman–Crippen LogP) is 8.11. The number of para-hydroxylation sites is 2. The molecule has 0 aliphatic carbocycles. The number of hydrogen-bond acceptors (Lipinski definition) is 2. The molecule has 0 aliphatic rings. The van der Waals surface area contributed by atoms with Gasteiger partial charge in [-0.25, -0.2) is 0 Å². The molecule has 0 atom stereocenters. The van der Waals surface area contributed by atoms with E-state index in [9.17, 15) is 0 Å². The van der Waals surface area contributed by atoms with Gasteiger partial charge in [0.15, 0.2) is 0 Å². The summed E-state index contributed by atoms with van der Waals surface area (Å²) in [6.07, 6.45) is 1.93. The molecule has 0 saturated heterocycles. The van der Waals surface area contributed by atoms with Crippen molar-refractivity contribution in [3.63, 3.8) is 0 Å². The molecule has 0 fully saturated rings. The Labute approximate surface area is 188 Å². The monoisotopic (exact) mass is 422 g/mol. The summed E-state index contributed by atoms with van der Waals surface area (Å²) in [5.74, 6) is 0. The fraction of sp³-hybridized carbons (Fsp3) is 0.0333. The van der Waals surface area contributed by atoms with Crippen LogP contribution in [0.4, 0.5) is 0 Å². The van der Waals surface area contributed by atoms with Crippen molar-refractivity contribution in [3.8, 4) is 11.3 Å². The van der Waals surface area contributed by atoms with Gasteiger partial charge in [0.05, 0.1) is 27.6 Å². The van der Waals surface area contributed by atoms with Crippen molar-refractivity contribution < 1.29 is 4.42 Å². The van der Waals surface area contributed by atoms with E-state index < -0.39 is 0 Å². The number of aryl methyl sites for hydroxylation is 1. The lowest BCUT2D eigenvalue weighted by Gasteiger charge is -2.04. The standard InChI is InChI=1S/C30H18N2O/c1-17-9-12-24(31-16-17)18-10-13-25-23(15-18)20-7-4-6-19-21-11-14-27-28(30(21)32(25)29(19)20)22-5-2-3-8-26(22)33-27/h2-16H,1H3. The number of benzene rings is 4. The van der Waals surface area contributed by atoms with Crippen molar-refractivity contribution in [1.29, 1.82) is 0 Å². The van der Waals surface area contributed by atoms with Gasteiger partial charge < -0.3 is 8.82 Å². The van der Waals surface area contributed by atoms with Crippen LogP contribution in [0.2, 0.25) is 0 Å². The first kappa shape index (κ1) is 17.2. The van der Waals surface area contributed by atoms with Gasteiger partial charge in [-0.1, -0.05) is 48.5 Å². The highest BCUT2D eigenvalue weighted by Gasteiger charge is 2.21. The van der Waals surface area contributed by atoms with Gasteiger partial charge >= 0.3 is 0 Å². The molecule has 0 bridgehead atoms. The molecule has 0 unspecified atom stereocenters. The SMILES string of the molecule is Cc1ccc(-c2ccc3c(c2)c2cccc4c5ccc6oc7ccccc7c6c5n3c24)nc1. The maximum atomic E-state index is 6.23. The molecule has 0 radical (unpaired) electrons. The van der Waals surface area contributed by atoms with Crippen LogP contribution in [0.3, 0.4) is 0 Å². The molecule has 0 N–H and O–H groups in total. The van der Waals surface area contributed by atoms with Gasteiger partial charge in [0, 0.05) is 38.7 Å². The van der Waals surface area contributed by atoms with E-state index in [0.717, 1.165) is 27.8 Å². The molecule has 3 heteroatoms. The summed E-state index contributed by atoms with van der Waals surface area (Å²) in [7, 11) is 0. The molecule has 33 heavy (non-hydrogen) atoms. The molecule has 8 aromatic rings. The minimum atomic E-state index is 0.928. The van der Waals surface area contributed by atoms with Crippen LogP contribution in [0.1, 0.15) is 5.56 Å². The fourth-order valence-electron chi connectivity index (χ4n) is 5.56. The van der Waals surface area contributed by atoms with Gasteiger partial charge in [0.25, 0.3) is 0 Å². The third kappa shape index (κ3) is 2.12. The molecule has 0 saturated carbocycles. The lowest BCUT2D eigenvalue weighted by Crippen LogP contribution is -1.85. The number of aromatic nitrogens is 2. The highest BCUT2D eigenvalue weighted by molar-refractivity contribution is 6.30. The predicted molar refractivity (Wildman–Crippen MR) is 136 cm³/mol. The lowest BCUT2D eigenvalue weighted by atomic mass is 10.0. The number of nitrogens with zero attached hydrogens (tertiary/aromatic N) is 2. The van der Waals surface area contributed by atoms with Crippen molar-refractivity contribution >= 4 is 60.0 Å². The van der Waals surface area contributed by atoms with Crippen LogP contribution in [-0.4, -0.2) is 9.38 Å². The van der Waals surface area contributed by atoms with E-state index in [0.29, 0.717) is 0 Å². The average Bonchev–Trinajstić information content (AvgIpc) is 3.50. The zero-order chi connectivity index (χ0) is 21.7. The molecular formula is C30H18N2O. The van der Waals surface area contributed by atoms with Gasteiger partial charge in [0.1, 0.15) is 11.2 Å². The maximum Gasteiger partial charge on any atom is 0.137 e. The quantitative estimate of drug-likeness (QED) is 0.267. The number of hydrogen-bond donors (Lipinski definition) is 0. The average molecular weight is 422 g/mol. The lowest BCUT2D eigenvalue weighted by molar-refractivity contribution is 0.669. The van der Waals surface area contributed by atoms with Gasteiger partial charge in [-0.2, -0.15) is 0 Å². The first-order valence-corrected chi connectivity index (χ1v) is 11.2. The second kappa shape index (κ2) is 5.90. The first-order valence-electron chi connectivity index (χ1n) is 11.2. The number of pyridine rings is 1. The number of furan rings is 1. The summed E-state index contributed by atoms with van der Waals surface area (Å²) in [5, 5.41) is 7.41. The van der Waals surface area contributed by atoms with Crippen LogP contribution in [0, 0.1) is 6.92 Å². The molecule has 154 valence electrons. The zero-order valence-corrected chi connectivity index (χ0v) is 18.0. The van der Waals surface area contributed by atoms with E-state index in [1.807, 2.05) is 18.3 Å². The van der Waals surface area contributed by atoms with E-state index in [4.69, 9.17) is 4.42 Å². The molecule has 4 heterocycles. The summed E-state index contributed by atoms with van der Waals surface area (Å²) in [6.45, 7) is 2.07. The van der Waals surface area contributed by atoms with Crippen molar-refractivity contribution in [1.82, 2.24) is 9.38 Å². The van der Waals surface area contributed by atoms with Crippen molar-refractivity contribution in [2.45, 2.75) is 6.92 Å². The molecule has 8 rings (SSSR count). The van der Waals surface area contributed by atoms with E-state index in [-0.39, 0.29) is 0 Å². The Balaban J connectivity index is 1.59. The van der Waals surface area contributed by atoms with Crippen molar-refractivity contribution in [3.05, 3.63) is 96.7 Å². The van der Waals surface area contributed by atoms with Crippen LogP contribution < -0.4 is 0 Å². The smallest absolute Gasteiger partial charge is 0.137 e. The Morgan fingerprint density at radius 2 is 1.48 bits per heavy atom. The van der Waals surface area contributed by atoms with Gasteiger partial charge in [0.2, 0.25) is 0 Å². The van der Waals surface area contributed by atoms with Crippen LogP contribution >= 0.6 is 0 Å². The number of fused-ring (bicyclic) bond motifs is 10. The molecule has 4 aromatic carbocycles. The van der Waals surface area contributed by atoms with Gasteiger partial charge in [-0.15, -0.1) is 0 Å². The Bertz CT molecular complexity index is 2020. The molecule has 0 spiro atoms. The molecule has 0 amide bonds. The molecule has 4 aromatic heterocycles. The first-order chi connectivity index (χ1) is 16.3. The van der Waals surface area contributed by atoms with Crippen molar-refractivity contribution in [2.75, 3.05) is 0 Å². The van der Waals surface area contributed by atoms with Crippen LogP contribution in [0.15, 0.2) is 95.5 Å². The summed E-state index contributed by atoms with van der Waals surface area (Å²) in [4.78, 5) is 4.66. The second-order valence-corrected chi connectivity index (χ2v) is 8.92. The van der Waals surface area contributed by atoms with Gasteiger partial charge in [-0.05, 0) is 48.9 Å². The Morgan fingerprint density at radius 3 is 2.36 bits per heavy atom. The molecule has 0 aliphatic heterocycles. The molecular weight excluding hydrogens is 404 g/mol. The van der Waals surface area contributed by atoms with Gasteiger partial charge in [-0.3, -0.25) is 4.98 Å². The van der Waals surface area contributed by atoms with Crippen LogP contribution in [0.25, 0.3) is 71.3 Å². The van der Waals surface area contributed by atoms with E-state index in [2.05, 4.69) is 89.1 Å². The second-order valence-electron chi connectivity index (χ2n) is 8.92. The minimum Gasteiger partial charge on any atom is -0.456 e. The highest BCUT2D eigenvalue weighted by Crippen LogP contribution is 2.44. The maximum absolute atomic E-state index is 6.23. The third-order valence-corrected chi connectivity index (χ3v) is 7.02. The molecule has 3 nitrogen and oxygen atoms in total. The van der Waals surface area contributed by atoms with E-state index >= 15 is 0 Å². The van der Waals surface area contributed by atoms with E-state index in [1.54, 1.807) is 0 Å². The summed E-state index contributed by atoms with van der Waals surface area (Å²) in [6, 6.07) is 30.2. The zero-order valence-electron chi connectivity index (χ0n) is 18.0. The van der Waals surface area contributed by atoms with E-state index in [1.165, 1.54) is 49.0 Å². The summed E-state index contributed by atoms with van der Waals surface area (Å²) < 4.78 is 8.66. The largest absolute Gasteiger partial charge is 0.456 e. The third-order valence-electron chi connectivity index (χ3n) is 7.02. The Morgan fingerprint density at radius 1 is 0.667 bits per heavy atom. The fourth-order valence-corrected chi connectivity index (χ4v) is 5.56. The Kier molecular flexibility index (Phi) is 3.08.